The smallest absolute Gasteiger partial charge is 0.254 e. The first kappa shape index (κ1) is 19.9. The van der Waals surface area contributed by atoms with Crippen molar-refractivity contribution < 1.29 is 4.79 Å². The Labute approximate surface area is 180 Å². The second-order valence-electron chi connectivity index (χ2n) is 7.46. The molecule has 0 N–H and O–H groups in total. The summed E-state index contributed by atoms with van der Waals surface area (Å²) >= 11 is 7.37. The summed E-state index contributed by atoms with van der Waals surface area (Å²) in [6.45, 7) is 6.33. The highest BCUT2D eigenvalue weighted by Gasteiger charge is 2.29. The summed E-state index contributed by atoms with van der Waals surface area (Å²) in [5.74, 6) is 0.896. The van der Waals surface area contributed by atoms with Crippen molar-refractivity contribution in [1.29, 1.82) is 0 Å². The molecule has 1 amide bonds. The Morgan fingerprint density at radius 1 is 1.14 bits per heavy atom. The third kappa shape index (κ3) is 4.60. The molecule has 1 aromatic heterocycles. The topological polar surface area (TPSA) is 49.3 Å². The van der Waals surface area contributed by atoms with Gasteiger partial charge in [0.15, 0.2) is 0 Å². The van der Waals surface area contributed by atoms with E-state index in [1.54, 1.807) is 24.3 Å². The lowest BCUT2D eigenvalue weighted by atomic mass is 10.1. The van der Waals surface area contributed by atoms with Gasteiger partial charge in [0.1, 0.15) is 5.82 Å². The molecule has 0 bridgehead atoms. The van der Waals surface area contributed by atoms with E-state index in [9.17, 15) is 4.79 Å². The van der Waals surface area contributed by atoms with E-state index in [0.29, 0.717) is 17.1 Å². The summed E-state index contributed by atoms with van der Waals surface area (Å²) in [4.78, 5) is 21.7. The summed E-state index contributed by atoms with van der Waals surface area (Å²) in [6, 6.07) is 15.6. The number of carbonyl (C=O) groups is 1. The van der Waals surface area contributed by atoms with Crippen molar-refractivity contribution in [3.05, 3.63) is 76.1 Å². The SMILES string of the molecule is Cc1ccc(Cc2nsc(N3CCN(C(=O)c4ccc(Cl)cc4)C(C)C3)n2)cc1. The molecule has 1 saturated heterocycles. The van der Waals surface area contributed by atoms with Crippen molar-refractivity contribution in [3.8, 4) is 0 Å². The minimum Gasteiger partial charge on any atom is -0.343 e. The van der Waals surface area contributed by atoms with Crippen LogP contribution in [0, 0.1) is 6.92 Å². The Bertz CT molecular complexity index is 987. The fourth-order valence-electron chi connectivity index (χ4n) is 3.52. The third-order valence-corrected chi connectivity index (χ3v) is 6.26. The molecular formula is C22H23ClN4OS. The molecule has 1 aliphatic rings. The zero-order valence-corrected chi connectivity index (χ0v) is 18.1. The van der Waals surface area contributed by atoms with E-state index < -0.39 is 0 Å². The van der Waals surface area contributed by atoms with Crippen LogP contribution in [0.3, 0.4) is 0 Å². The van der Waals surface area contributed by atoms with Crippen molar-refractivity contribution in [2.24, 2.45) is 0 Å². The molecule has 7 heteroatoms. The van der Waals surface area contributed by atoms with Crippen LogP contribution in [-0.4, -0.2) is 45.8 Å². The lowest BCUT2D eigenvalue weighted by Crippen LogP contribution is -2.54. The maximum absolute atomic E-state index is 12.8. The number of aryl methyl sites for hydroxylation is 1. The molecule has 4 rings (SSSR count). The Morgan fingerprint density at radius 2 is 1.86 bits per heavy atom. The van der Waals surface area contributed by atoms with Gasteiger partial charge in [-0.3, -0.25) is 4.79 Å². The van der Waals surface area contributed by atoms with Gasteiger partial charge in [-0.05, 0) is 43.7 Å². The number of amides is 1. The fourth-order valence-corrected chi connectivity index (χ4v) is 4.37. The highest BCUT2D eigenvalue weighted by molar-refractivity contribution is 7.09. The van der Waals surface area contributed by atoms with E-state index in [-0.39, 0.29) is 11.9 Å². The molecule has 1 unspecified atom stereocenters. The predicted molar refractivity (Wildman–Crippen MR) is 118 cm³/mol. The maximum atomic E-state index is 12.8. The number of hydrogen-bond donors (Lipinski definition) is 0. The summed E-state index contributed by atoms with van der Waals surface area (Å²) in [6.07, 6.45) is 0.737. The molecule has 2 heterocycles. The summed E-state index contributed by atoms with van der Waals surface area (Å²) in [7, 11) is 0. The number of carbonyl (C=O) groups excluding carboxylic acids is 1. The zero-order valence-electron chi connectivity index (χ0n) is 16.5. The average molecular weight is 427 g/mol. The van der Waals surface area contributed by atoms with Crippen molar-refractivity contribution in [2.45, 2.75) is 26.3 Å². The number of hydrogen-bond acceptors (Lipinski definition) is 5. The van der Waals surface area contributed by atoms with Gasteiger partial charge in [0, 0.05) is 54.2 Å². The van der Waals surface area contributed by atoms with Gasteiger partial charge in [-0.2, -0.15) is 4.37 Å². The van der Waals surface area contributed by atoms with Crippen molar-refractivity contribution in [2.75, 3.05) is 24.5 Å². The Morgan fingerprint density at radius 3 is 2.55 bits per heavy atom. The zero-order chi connectivity index (χ0) is 20.4. The number of nitrogens with zero attached hydrogens (tertiary/aromatic N) is 4. The second kappa shape index (κ2) is 8.51. The first-order valence-electron chi connectivity index (χ1n) is 9.69. The van der Waals surface area contributed by atoms with E-state index >= 15 is 0 Å². The number of aromatic nitrogens is 2. The lowest BCUT2D eigenvalue weighted by molar-refractivity contribution is 0.0674. The molecule has 1 fully saturated rings. The number of anilines is 1. The van der Waals surface area contributed by atoms with Gasteiger partial charge in [-0.25, -0.2) is 4.98 Å². The van der Waals surface area contributed by atoms with Crippen LogP contribution < -0.4 is 4.90 Å². The Hall–Kier alpha value is -2.44. The standard InChI is InChI=1S/C22H23ClN4OS/c1-15-3-5-17(6-4-15)13-20-24-22(29-25-20)26-11-12-27(16(2)14-26)21(28)18-7-9-19(23)10-8-18/h3-10,16H,11-14H2,1-2H3. The van der Waals surface area contributed by atoms with Gasteiger partial charge >= 0.3 is 0 Å². The Balaban J connectivity index is 1.39. The van der Waals surface area contributed by atoms with Crippen molar-refractivity contribution in [1.82, 2.24) is 14.3 Å². The van der Waals surface area contributed by atoms with Crippen LogP contribution in [0.2, 0.25) is 5.02 Å². The molecule has 0 radical (unpaired) electrons. The molecule has 2 aromatic carbocycles. The van der Waals surface area contributed by atoms with Crippen LogP contribution >= 0.6 is 23.1 Å². The first-order chi connectivity index (χ1) is 14.0. The normalized spacial score (nSPS) is 16.9. The van der Waals surface area contributed by atoms with Gasteiger partial charge in [-0.15, -0.1) is 0 Å². The second-order valence-corrected chi connectivity index (χ2v) is 8.62. The lowest BCUT2D eigenvalue weighted by Gasteiger charge is -2.39. The number of benzene rings is 2. The number of halogens is 1. The largest absolute Gasteiger partial charge is 0.343 e. The molecular weight excluding hydrogens is 404 g/mol. The first-order valence-corrected chi connectivity index (χ1v) is 10.8. The molecule has 0 spiro atoms. The van der Waals surface area contributed by atoms with E-state index in [2.05, 4.69) is 47.4 Å². The van der Waals surface area contributed by atoms with Gasteiger partial charge in [-0.1, -0.05) is 41.4 Å². The molecule has 3 aromatic rings. The molecule has 29 heavy (non-hydrogen) atoms. The minimum atomic E-state index is 0.0474. The van der Waals surface area contributed by atoms with Crippen LogP contribution in [0.4, 0.5) is 5.13 Å². The van der Waals surface area contributed by atoms with Gasteiger partial charge in [0.2, 0.25) is 5.13 Å². The predicted octanol–water partition coefficient (Wildman–Crippen LogP) is 4.44. The van der Waals surface area contributed by atoms with E-state index in [0.717, 1.165) is 30.5 Å². The van der Waals surface area contributed by atoms with E-state index in [1.807, 2.05) is 4.90 Å². The molecule has 0 saturated carbocycles. The van der Waals surface area contributed by atoms with Crippen LogP contribution in [0.5, 0.6) is 0 Å². The Kier molecular flexibility index (Phi) is 5.83. The number of piperazine rings is 1. The molecule has 5 nitrogen and oxygen atoms in total. The van der Waals surface area contributed by atoms with E-state index in [4.69, 9.17) is 16.6 Å². The highest BCUT2D eigenvalue weighted by Crippen LogP contribution is 2.23. The van der Waals surface area contributed by atoms with E-state index in [1.165, 1.54) is 22.7 Å². The van der Waals surface area contributed by atoms with Crippen LogP contribution in [0.25, 0.3) is 0 Å². The van der Waals surface area contributed by atoms with Gasteiger partial charge in [0.05, 0.1) is 0 Å². The molecule has 150 valence electrons. The molecule has 1 aliphatic heterocycles. The van der Waals surface area contributed by atoms with Crippen LogP contribution in [0.15, 0.2) is 48.5 Å². The molecule has 1 atom stereocenters. The summed E-state index contributed by atoms with van der Waals surface area (Å²) < 4.78 is 4.54. The third-order valence-electron chi connectivity index (χ3n) is 5.19. The maximum Gasteiger partial charge on any atom is 0.254 e. The summed E-state index contributed by atoms with van der Waals surface area (Å²) in [5.41, 5.74) is 3.14. The average Bonchev–Trinajstić information content (AvgIpc) is 3.18. The highest BCUT2D eigenvalue weighted by atomic mass is 35.5. The van der Waals surface area contributed by atoms with Gasteiger partial charge < -0.3 is 9.80 Å². The fraction of sp³-hybridized carbons (Fsp3) is 0.318. The number of rotatable bonds is 4. The van der Waals surface area contributed by atoms with Gasteiger partial charge in [0.25, 0.3) is 5.91 Å². The van der Waals surface area contributed by atoms with Crippen molar-refractivity contribution in [3.63, 3.8) is 0 Å². The summed E-state index contributed by atoms with van der Waals surface area (Å²) in [5, 5.41) is 1.56. The van der Waals surface area contributed by atoms with Crippen molar-refractivity contribution >= 4 is 34.2 Å². The van der Waals surface area contributed by atoms with Crippen LogP contribution in [0.1, 0.15) is 34.2 Å². The molecule has 0 aliphatic carbocycles. The minimum absolute atomic E-state index is 0.0474. The quantitative estimate of drug-likeness (QED) is 0.618. The monoisotopic (exact) mass is 426 g/mol. The van der Waals surface area contributed by atoms with Crippen LogP contribution in [-0.2, 0) is 6.42 Å².